The first-order valence-electron chi connectivity index (χ1n) is 9.35. The molecule has 1 aromatic carbocycles. The molecule has 5 nitrogen and oxygen atoms in total. The SMILES string of the molecule is O=C(CC1CCN(C(=O)c2cc3ccccc3[nH]2)CC1)N1CCCC1. The number of H-pyrrole nitrogens is 1. The van der Waals surface area contributed by atoms with Crippen LogP contribution in [0.4, 0.5) is 0 Å². The van der Waals surface area contributed by atoms with E-state index in [9.17, 15) is 9.59 Å². The Balaban J connectivity index is 1.33. The summed E-state index contributed by atoms with van der Waals surface area (Å²) in [4.78, 5) is 32.2. The lowest BCUT2D eigenvalue weighted by Gasteiger charge is -2.32. The van der Waals surface area contributed by atoms with E-state index in [1.807, 2.05) is 40.1 Å². The number of benzene rings is 1. The molecule has 132 valence electrons. The Hall–Kier alpha value is -2.30. The van der Waals surface area contributed by atoms with Gasteiger partial charge in [0.05, 0.1) is 0 Å². The summed E-state index contributed by atoms with van der Waals surface area (Å²) in [5, 5.41) is 1.07. The smallest absolute Gasteiger partial charge is 0.270 e. The lowest BCUT2D eigenvalue weighted by molar-refractivity contribution is -0.131. The normalized spacial score (nSPS) is 18.9. The molecular weight excluding hydrogens is 314 g/mol. The molecule has 2 amide bonds. The van der Waals surface area contributed by atoms with Crippen LogP contribution >= 0.6 is 0 Å². The quantitative estimate of drug-likeness (QED) is 0.934. The molecule has 0 unspecified atom stereocenters. The number of hydrogen-bond donors (Lipinski definition) is 1. The van der Waals surface area contributed by atoms with E-state index >= 15 is 0 Å². The molecule has 25 heavy (non-hydrogen) atoms. The van der Waals surface area contributed by atoms with E-state index < -0.39 is 0 Å². The highest BCUT2D eigenvalue weighted by molar-refractivity contribution is 5.98. The largest absolute Gasteiger partial charge is 0.351 e. The number of carbonyl (C=O) groups is 2. The second-order valence-electron chi connectivity index (χ2n) is 7.30. The highest BCUT2D eigenvalue weighted by Crippen LogP contribution is 2.24. The number of para-hydroxylation sites is 1. The lowest BCUT2D eigenvalue weighted by Crippen LogP contribution is -2.40. The van der Waals surface area contributed by atoms with Crippen molar-refractivity contribution < 1.29 is 9.59 Å². The summed E-state index contributed by atoms with van der Waals surface area (Å²) in [6.45, 7) is 3.34. The van der Waals surface area contributed by atoms with Crippen LogP contribution in [-0.4, -0.2) is 52.8 Å². The predicted octanol–water partition coefficient (Wildman–Crippen LogP) is 3.03. The Morgan fingerprint density at radius 2 is 1.72 bits per heavy atom. The number of nitrogens with zero attached hydrogens (tertiary/aromatic N) is 2. The van der Waals surface area contributed by atoms with Crippen molar-refractivity contribution in [3.8, 4) is 0 Å². The Bertz CT molecular complexity index is 735. The maximum atomic E-state index is 12.7. The van der Waals surface area contributed by atoms with E-state index in [0.717, 1.165) is 62.8 Å². The van der Waals surface area contributed by atoms with E-state index in [1.54, 1.807) is 0 Å². The number of likely N-dealkylation sites (tertiary alicyclic amines) is 2. The summed E-state index contributed by atoms with van der Waals surface area (Å²) in [6, 6.07) is 9.88. The highest BCUT2D eigenvalue weighted by Gasteiger charge is 2.27. The molecule has 0 spiro atoms. The minimum atomic E-state index is 0.0699. The summed E-state index contributed by atoms with van der Waals surface area (Å²) in [5.41, 5.74) is 1.66. The number of hydrogen-bond acceptors (Lipinski definition) is 2. The molecule has 2 aromatic rings. The standard InChI is InChI=1S/C20H25N3O2/c24-19(22-9-3-4-10-22)13-15-7-11-23(12-8-15)20(25)18-14-16-5-1-2-6-17(16)21-18/h1-2,5-6,14-15,21H,3-4,7-13H2. The van der Waals surface area contributed by atoms with Crippen molar-refractivity contribution in [2.75, 3.05) is 26.2 Å². The Morgan fingerprint density at radius 1 is 1.00 bits per heavy atom. The van der Waals surface area contributed by atoms with Crippen LogP contribution in [0.5, 0.6) is 0 Å². The summed E-state index contributed by atoms with van der Waals surface area (Å²) in [5.74, 6) is 0.790. The highest BCUT2D eigenvalue weighted by atomic mass is 16.2. The molecule has 3 heterocycles. The predicted molar refractivity (Wildman–Crippen MR) is 97.4 cm³/mol. The van der Waals surface area contributed by atoms with E-state index in [0.29, 0.717) is 23.9 Å². The molecule has 0 aliphatic carbocycles. The second kappa shape index (κ2) is 6.90. The molecule has 5 heteroatoms. The van der Waals surface area contributed by atoms with Gasteiger partial charge < -0.3 is 14.8 Å². The van der Waals surface area contributed by atoms with Gasteiger partial charge in [0.1, 0.15) is 5.69 Å². The molecule has 0 atom stereocenters. The van der Waals surface area contributed by atoms with Gasteiger partial charge in [0.25, 0.3) is 5.91 Å². The van der Waals surface area contributed by atoms with Gasteiger partial charge in [-0.05, 0) is 43.7 Å². The number of aromatic amines is 1. The molecule has 1 aromatic heterocycles. The third-order valence-electron chi connectivity index (χ3n) is 5.58. The maximum Gasteiger partial charge on any atom is 0.270 e. The fraction of sp³-hybridized carbons (Fsp3) is 0.500. The lowest BCUT2D eigenvalue weighted by atomic mass is 9.93. The van der Waals surface area contributed by atoms with Gasteiger partial charge in [-0.1, -0.05) is 18.2 Å². The van der Waals surface area contributed by atoms with Crippen LogP contribution in [-0.2, 0) is 4.79 Å². The topological polar surface area (TPSA) is 56.4 Å². The van der Waals surface area contributed by atoms with Gasteiger partial charge in [-0.25, -0.2) is 0 Å². The third kappa shape index (κ3) is 3.41. The summed E-state index contributed by atoms with van der Waals surface area (Å²) in [7, 11) is 0. The zero-order valence-electron chi connectivity index (χ0n) is 14.5. The van der Waals surface area contributed by atoms with Gasteiger partial charge in [-0.15, -0.1) is 0 Å². The Morgan fingerprint density at radius 3 is 2.44 bits per heavy atom. The average molecular weight is 339 g/mol. The van der Waals surface area contributed by atoms with Crippen LogP contribution in [0.25, 0.3) is 10.9 Å². The van der Waals surface area contributed by atoms with E-state index in [-0.39, 0.29) is 5.91 Å². The fourth-order valence-electron chi connectivity index (χ4n) is 4.04. The van der Waals surface area contributed by atoms with Crippen molar-refractivity contribution in [1.82, 2.24) is 14.8 Å². The van der Waals surface area contributed by atoms with Crippen molar-refractivity contribution in [2.45, 2.75) is 32.1 Å². The summed E-state index contributed by atoms with van der Waals surface area (Å²) < 4.78 is 0. The molecule has 1 N–H and O–H groups in total. The molecule has 2 aliphatic rings. The van der Waals surface area contributed by atoms with Crippen LogP contribution in [0.3, 0.4) is 0 Å². The van der Waals surface area contributed by atoms with Crippen molar-refractivity contribution in [3.05, 3.63) is 36.0 Å². The van der Waals surface area contributed by atoms with Gasteiger partial charge >= 0.3 is 0 Å². The second-order valence-corrected chi connectivity index (χ2v) is 7.30. The van der Waals surface area contributed by atoms with E-state index in [1.165, 1.54) is 0 Å². The Labute approximate surface area is 148 Å². The first-order valence-corrected chi connectivity index (χ1v) is 9.35. The van der Waals surface area contributed by atoms with Gasteiger partial charge in [0.2, 0.25) is 5.91 Å². The number of aromatic nitrogens is 1. The minimum absolute atomic E-state index is 0.0699. The van der Waals surface area contributed by atoms with Crippen LogP contribution in [0, 0.1) is 5.92 Å². The molecule has 4 rings (SSSR count). The third-order valence-corrected chi connectivity index (χ3v) is 5.58. The molecule has 2 aliphatic heterocycles. The van der Waals surface area contributed by atoms with Crippen molar-refractivity contribution in [3.63, 3.8) is 0 Å². The van der Waals surface area contributed by atoms with Crippen molar-refractivity contribution in [1.29, 1.82) is 0 Å². The van der Waals surface area contributed by atoms with Gasteiger partial charge in [-0.2, -0.15) is 0 Å². The molecule has 2 fully saturated rings. The van der Waals surface area contributed by atoms with Gasteiger partial charge in [0, 0.05) is 43.5 Å². The molecule has 0 saturated carbocycles. The van der Waals surface area contributed by atoms with Crippen LogP contribution in [0.15, 0.2) is 30.3 Å². The summed E-state index contributed by atoms with van der Waals surface area (Å²) >= 11 is 0. The number of carbonyl (C=O) groups excluding carboxylic acids is 2. The number of piperidine rings is 1. The molecule has 0 radical (unpaired) electrons. The van der Waals surface area contributed by atoms with E-state index in [4.69, 9.17) is 0 Å². The van der Waals surface area contributed by atoms with Gasteiger partial charge in [0.15, 0.2) is 0 Å². The zero-order valence-corrected chi connectivity index (χ0v) is 14.5. The maximum absolute atomic E-state index is 12.7. The number of rotatable bonds is 3. The monoisotopic (exact) mass is 339 g/mol. The fourth-order valence-corrected chi connectivity index (χ4v) is 4.04. The summed E-state index contributed by atoms with van der Waals surface area (Å²) in [6.07, 6.45) is 4.78. The van der Waals surface area contributed by atoms with E-state index in [2.05, 4.69) is 4.98 Å². The first-order chi connectivity index (χ1) is 12.2. The minimum Gasteiger partial charge on any atom is -0.351 e. The van der Waals surface area contributed by atoms with Crippen molar-refractivity contribution >= 4 is 22.7 Å². The zero-order chi connectivity index (χ0) is 17.2. The van der Waals surface area contributed by atoms with Crippen LogP contribution in [0.1, 0.15) is 42.6 Å². The Kier molecular flexibility index (Phi) is 4.47. The van der Waals surface area contributed by atoms with Crippen molar-refractivity contribution in [2.24, 2.45) is 5.92 Å². The number of fused-ring (bicyclic) bond motifs is 1. The first kappa shape index (κ1) is 16.2. The van der Waals surface area contributed by atoms with Crippen LogP contribution in [0.2, 0.25) is 0 Å². The average Bonchev–Trinajstić information content (AvgIpc) is 3.31. The number of nitrogens with one attached hydrogen (secondary N) is 1. The molecule has 2 saturated heterocycles. The van der Waals surface area contributed by atoms with Gasteiger partial charge in [-0.3, -0.25) is 9.59 Å². The molecular formula is C20H25N3O2. The van der Waals surface area contributed by atoms with Crippen LogP contribution < -0.4 is 0 Å². The number of amides is 2. The molecule has 0 bridgehead atoms.